The topological polar surface area (TPSA) is 32.3 Å². The van der Waals surface area contributed by atoms with Crippen LogP contribution < -0.4 is 5.32 Å². The van der Waals surface area contributed by atoms with Crippen LogP contribution in [0, 0.1) is 0 Å². The van der Waals surface area contributed by atoms with Gasteiger partial charge in [-0.1, -0.05) is 6.42 Å². The molecule has 1 unspecified atom stereocenters. The third-order valence-electron chi connectivity index (χ3n) is 3.00. The Labute approximate surface area is 86.9 Å². The van der Waals surface area contributed by atoms with Gasteiger partial charge in [0.25, 0.3) is 0 Å². The van der Waals surface area contributed by atoms with Gasteiger partial charge in [0.05, 0.1) is 0 Å². The van der Waals surface area contributed by atoms with Gasteiger partial charge in [-0.05, 0) is 32.2 Å². The number of nitrogens with zero attached hydrogens (tertiary/aromatic N) is 1. The highest BCUT2D eigenvalue weighted by Crippen LogP contribution is 2.11. The molecule has 0 aromatic rings. The Hall–Kier alpha value is -0.570. The van der Waals surface area contributed by atoms with Crippen LogP contribution in [0.4, 0.5) is 0 Å². The number of carbonyl (C=O) groups excluding carboxylic acids is 1. The fourth-order valence-electron chi connectivity index (χ4n) is 1.90. The van der Waals surface area contributed by atoms with E-state index in [1.54, 1.807) is 11.8 Å². The molecule has 3 nitrogen and oxygen atoms in total. The first-order valence-electron chi connectivity index (χ1n) is 5.65. The van der Waals surface area contributed by atoms with Crippen LogP contribution in [0.1, 0.15) is 39.0 Å². The number of rotatable bonds is 4. The van der Waals surface area contributed by atoms with E-state index in [2.05, 4.69) is 5.32 Å². The second-order valence-corrected chi connectivity index (χ2v) is 4.23. The van der Waals surface area contributed by atoms with Crippen LogP contribution in [0.5, 0.6) is 0 Å². The van der Waals surface area contributed by atoms with Crippen LogP contribution >= 0.6 is 0 Å². The highest BCUT2D eigenvalue weighted by Gasteiger charge is 2.12. The van der Waals surface area contributed by atoms with Crippen LogP contribution in [0.15, 0.2) is 0 Å². The molecule has 0 bridgehead atoms. The molecule has 0 radical (unpaired) electrons. The smallest absolute Gasteiger partial charge is 0.219 e. The Kier molecular flexibility index (Phi) is 4.94. The summed E-state index contributed by atoms with van der Waals surface area (Å²) in [6.45, 7) is 3.69. The molecular weight excluding hydrogens is 176 g/mol. The molecule has 82 valence electrons. The standard InChI is InChI=1S/C11H22N2O/c1-10(14)13(2)9-5-7-11-6-3-4-8-12-11/h11-12H,3-9H2,1-2H3. The maximum Gasteiger partial charge on any atom is 0.219 e. The molecule has 1 amide bonds. The SMILES string of the molecule is CC(=O)N(C)CCCC1CCCCN1. The molecule has 1 fully saturated rings. The van der Waals surface area contributed by atoms with Crippen molar-refractivity contribution in [2.75, 3.05) is 20.1 Å². The normalized spacial score (nSPS) is 22.0. The Morgan fingerprint density at radius 1 is 1.50 bits per heavy atom. The van der Waals surface area contributed by atoms with E-state index in [0.29, 0.717) is 6.04 Å². The van der Waals surface area contributed by atoms with Gasteiger partial charge in [0.1, 0.15) is 0 Å². The maximum atomic E-state index is 10.9. The van der Waals surface area contributed by atoms with E-state index in [4.69, 9.17) is 0 Å². The second kappa shape index (κ2) is 6.02. The molecule has 0 aromatic heterocycles. The Bertz CT molecular complexity index is 176. The molecular formula is C11H22N2O. The third kappa shape index (κ3) is 4.09. The van der Waals surface area contributed by atoms with Gasteiger partial charge in [-0.2, -0.15) is 0 Å². The summed E-state index contributed by atoms with van der Waals surface area (Å²) in [5.74, 6) is 0.168. The van der Waals surface area contributed by atoms with E-state index in [1.165, 1.54) is 32.2 Å². The number of carbonyl (C=O) groups is 1. The van der Waals surface area contributed by atoms with Crippen molar-refractivity contribution in [1.29, 1.82) is 0 Å². The largest absolute Gasteiger partial charge is 0.346 e. The highest BCUT2D eigenvalue weighted by atomic mass is 16.2. The minimum Gasteiger partial charge on any atom is -0.346 e. The van der Waals surface area contributed by atoms with Gasteiger partial charge in [-0.25, -0.2) is 0 Å². The average molecular weight is 198 g/mol. The van der Waals surface area contributed by atoms with Gasteiger partial charge >= 0.3 is 0 Å². The molecule has 1 saturated heterocycles. The first-order chi connectivity index (χ1) is 6.70. The van der Waals surface area contributed by atoms with Crippen molar-refractivity contribution in [3.63, 3.8) is 0 Å². The lowest BCUT2D eigenvalue weighted by Gasteiger charge is -2.24. The van der Waals surface area contributed by atoms with Gasteiger partial charge < -0.3 is 10.2 Å². The summed E-state index contributed by atoms with van der Waals surface area (Å²) in [7, 11) is 1.87. The lowest BCUT2D eigenvalue weighted by Crippen LogP contribution is -2.35. The molecule has 1 aliphatic heterocycles. The lowest BCUT2D eigenvalue weighted by atomic mass is 10.0. The molecule has 1 rings (SSSR count). The van der Waals surface area contributed by atoms with Crippen molar-refractivity contribution in [3.05, 3.63) is 0 Å². The van der Waals surface area contributed by atoms with E-state index in [0.717, 1.165) is 13.0 Å². The van der Waals surface area contributed by atoms with E-state index < -0.39 is 0 Å². The molecule has 3 heteroatoms. The summed E-state index contributed by atoms with van der Waals surface area (Å²) in [5, 5.41) is 3.52. The Morgan fingerprint density at radius 3 is 2.86 bits per heavy atom. The van der Waals surface area contributed by atoms with E-state index in [1.807, 2.05) is 7.05 Å². The zero-order valence-electron chi connectivity index (χ0n) is 9.38. The third-order valence-corrected chi connectivity index (χ3v) is 3.00. The summed E-state index contributed by atoms with van der Waals surface area (Å²) in [5.41, 5.74) is 0. The number of piperidine rings is 1. The Morgan fingerprint density at radius 2 is 2.29 bits per heavy atom. The van der Waals surface area contributed by atoms with Crippen LogP contribution in [-0.2, 0) is 4.79 Å². The Balaban J connectivity index is 2.05. The molecule has 1 atom stereocenters. The second-order valence-electron chi connectivity index (χ2n) is 4.23. The monoisotopic (exact) mass is 198 g/mol. The van der Waals surface area contributed by atoms with Crippen molar-refractivity contribution in [2.45, 2.75) is 45.1 Å². The van der Waals surface area contributed by atoms with Crippen LogP contribution in [0.2, 0.25) is 0 Å². The zero-order valence-corrected chi connectivity index (χ0v) is 9.38. The summed E-state index contributed by atoms with van der Waals surface area (Å²) in [4.78, 5) is 12.7. The predicted molar refractivity (Wildman–Crippen MR) is 58.2 cm³/mol. The first-order valence-corrected chi connectivity index (χ1v) is 5.65. The molecule has 14 heavy (non-hydrogen) atoms. The molecule has 1 heterocycles. The number of hydrogen-bond donors (Lipinski definition) is 1. The van der Waals surface area contributed by atoms with E-state index in [-0.39, 0.29) is 5.91 Å². The van der Waals surface area contributed by atoms with E-state index >= 15 is 0 Å². The molecule has 0 aliphatic carbocycles. The van der Waals surface area contributed by atoms with Gasteiger partial charge in [0.2, 0.25) is 5.91 Å². The minimum atomic E-state index is 0.168. The summed E-state index contributed by atoms with van der Waals surface area (Å²) in [6, 6.07) is 0.698. The lowest BCUT2D eigenvalue weighted by molar-refractivity contribution is -0.127. The number of hydrogen-bond acceptors (Lipinski definition) is 2. The molecule has 0 aromatic carbocycles. The van der Waals surface area contributed by atoms with Crippen molar-refractivity contribution in [2.24, 2.45) is 0 Å². The molecule has 1 aliphatic rings. The fraction of sp³-hybridized carbons (Fsp3) is 0.909. The number of nitrogens with one attached hydrogen (secondary N) is 1. The van der Waals surface area contributed by atoms with Crippen molar-refractivity contribution in [3.8, 4) is 0 Å². The highest BCUT2D eigenvalue weighted by molar-refractivity contribution is 5.72. The van der Waals surface area contributed by atoms with Gasteiger partial charge in [-0.3, -0.25) is 4.79 Å². The summed E-state index contributed by atoms with van der Waals surface area (Å²) < 4.78 is 0. The van der Waals surface area contributed by atoms with Gasteiger partial charge in [0, 0.05) is 26.6 Å². The summed E-state index contributed by atoms with van der Waals surface area (Å²) in [6.07, 6.45) is 6.32. The molecule has 0 saturated carbocycles. The van der Waals surface area contributed by atoms with Crippen LogP contribution in [0.25, 0.3) is 0 Å². The molecule has 0 spiro atoms. The van der Waals surface area contributed by atoms with Crippen molar-refractivity contribution >= 4 is 5.91 Å². The quantitative estimate of drug-likeness (QED) is 0.740. The molecule has 1 N–H and O–H groups in total. The zero-order chi connectivity index (χ0) is 10.4. The van der Waals surface area contributed by atoms with Gasteiger partial charge in [-0.15, -0.1) is 0 Å². The predicted octanol–water partition coefficient (Wildman–Crippen LogP) is 1.39. The minimum absolute atomic E-state index is 0.168. The van der Waals surface area contributed by atoms with E-state index in [9.17, 15) is 4.79 Å². The maximum absolute atomic E-state index is 10.9. The first kappa shape index (κ1) is 11.5. The van der Waals surface area contributed by atoms with Crippen molar-refractivity contribution < 1.29 is 4.79 Å². The van der Waals surface area contributed by atoms with Crippen LogP contribution in [0.3, 0.4) is 0 Å². The number of amides is 1. The van der Waals surface area contributed by atoms with Crippen molar-refractivity contribution in [1.82, 2.24) is 10.2 Å². The average Bonchev–Trinajstić information content (AvgIpc) is 2.19. The fourth-order valence-corrected chi connectivity index (χ4v) is 1.90. The summed E-state index contributed by atoms with van der Waals surface area (Å²) >= 11 is 0. The van der Waals surface area contributed by atoms with Gasteiger partial charge in [0.15, 0.2) is 0 Å². The van der Waals surface area contributed by atoms with Crippen LogP contribution in [-0.4, -0.2) is 37.0 Å².